The van der Waals surface area contributed by atoms with Crippen LogP contribution in [0.3, 0.4) is 0 Å². The molecule has 0 saturated carbocycles. The first-order valence-electron chi connectivity index (χ1n) is 10.6. The number of carbonyl (C=O) groups excluding carboxylic acids is 1. The summed E-state index contributed by atoms with van der Waals surface area (Å²) in [5.74, 6) is -2.90. The summed E-state index contributed by atoms with van der Waals surface area (Å²) in [7, 11) is 0. The van der Waals surface area contributed by atoms with Crippen LogP contribution in [0.15, 0.2) is 54.7 Å². The van der Waals surface area contributed by atoms with Gasteiger partial charge in [0.15, 0.2) is 0 Å². The lowest BCUT2D eigenvalue weighted by Crippen LogP contribution is -2.32. The summed E-state index contributed by atoms with van der Waals surface area (Å²) in [6.45, 7) is 3.62. The van der Waals surface area contributed by atoms with E-state index >= 15 is 0 Å². The summed E-state index contributed by atoms with van der Waals surface area (Å²) < 4.78 is 39.6. The SMILES string of the molecule is Cc1cc(C(=O)NCC2OCCc3cn(Cc4ccccc4)nc32)ccc1Cl.O=C(O)C(F)(F)F. The summed E-state index contributed by atoms with van der Waals surface area (Å²) in [6, 6.07) is 15.5. The highest BCUT2D eigenvalue weighted by atomic mass is 35.5. The minimum absolute atomic E-state index is 0.140. The van der Waals surface area contributed by atoms with Crippen LogP contribution in [0.25, 0.3) is 0 Å². The molecule has 1 aliphatic heterocycles. The fourth-order valence-electron chi connectivity index (χ4n) is 3.41. The van der Waals surface area contributed by atoms with Crippen LogP contribution < -0.4 is 5.32 Å². The van der Waals surface area contributed by atoms with Crippen molar-refractivity contribution in [3.63, 3.8) is 0 Å². The number of benzene rings is 2. The molecule has 0 fully saturated rings. The third-order valence-corrected chi connectivity index (χ3v) is 5.59. The molecule has 1 unspecified atom stereocenters. The van der Waals surface area contributed by atoms with Crippen molar-refractivity contribution in [2.45, 2.75) is 32.2 Å². The van der Waals surface area contributed by atoms with Gasteiger partial charge in [0.05, 0.1) is 18.8 Å². The third kappa shape index (κ3) is 7.30. The molecule has 7 nitrogen and oxygen atoms in total. The van der Waals surface area contributed by atoms with Crippen LogP contribution in [-0.4, -0.2) is 46.1 Å². The highest BCUT2D eigenvalue weighted by Crippen LogP contribution is 2.26. The number of fused-ring (bicyclic) bond motifs is 1. The van der Waals surface area contributed by atoms with E-state index in [-0.39, 0.29) is 12.0 Å². The molecular weight excluding hydrogens is 487 g/mol. The van der Waals surface area contributed by atoms with Crippen LogP contribution in [0.1, 0.15) is 38.8 Å². The molecule has 1 atom stereocenters. The quantitative estimate of drug-likeness (QED) is 0.525. The predicted molar refractivity (Wildman–Crippen MR) is 122 cm³/mol. The summed E-state index contributed by atoms with van der Waals surface area (Å²) in [4.78, 5) is 21.4. The summed E-state index contributed by atoms with van der Waals surface area (Å²) in [6.07, 6.45) is -2.40. The van der Waals surface area contributed by atoms with Crippen molar-refractivity contribution in [3.05, 3.63) is 87.7 Å². The molecule has 0 aliphatic carbocycles. The number of carboxylic acid groups (broad SMARTS) is 1. The lowest BCUT2D eigenvalue weighted by Gasteiger charge is -2.22. The Morgan fingerprint density at radius 3 is 2.54 bits per heavy atom. The van der Waals surface area contributed by atoms with Gasteiger partial charge in [-0.15, -0.1) is 0 Å². The smallest absolute Gasteiger partial charge is 0.475 e. The minimum Gasteiger partial charge on any atom is -0.475 e. The van der Waals surface area contributed by atoms with Crippen molar-refractivity contribution in [2.24, 2.45) is 0 Å². The number of alkyl halides is 3. The minimum atomic E-state index is -5.08. The zero-order valence-corrected chi connectivity index (χ0v) is 19.4. The van der Waals surface area contributed by atoms with Gasteiger partial charge in [-0.25, -0.2) is 4.79 Å². The Labute approximate surface area is 204 Å². The number of hydrogen-bond donors (Lipinski definition) is 2. The average molecular weight is 510 g/mol. The lowest BCUT2D eigenvalue weighted by molar-refractivity contribution is -0.192. The zero-order valence-electron chi connectivity index (χ0n) is 18.7. The Balaban J connectivity index is 0.000000429. The Kier molecular flexibility index (Phi) is 8.52. The molecule has 0 radical (unpaired) electrons. The van der Waals surface area contributed by atoms with Crippen LogP contribution in [0.4, 0.5) is 13.2 Å². The molecule has 1 aliphatic rings. The topological polar surface area (TPSA) is 93.5 Å². The normalized spacial score (nSPS) is 14.9. The first kappa shape index (κ1) is 26.2. The highest BCUT2D eigenvalue weighted by Gasteiger charge is 2.38. The maximum Gasteiger partial charge on any atom is 0.490 e. The average Bonchev–Trinajstić information content (AvgIpc) is 3.22. The number of aliphatic carboxylic acids is 1. The molecule has 4 rings (SSSR count). The van der Waals surface area contributed by atoms with E-state index in [2.05, 4.69) is 23.6 Å². The molecule has 35 heavy (non-hydrogen) atoms. The van der Waals surface area contributed by atoms with E-state index in [9.17, 15) is 18.0 Å². The second-order valence-electron chi connectivity index (χ2n) is 7.81. The molecule has 1 aromatic heterocycles. The number of nitrogens with one attached hydrogen (secondary N) is 1. The molecule has 11 heteroatoms. The zero-order chi connectivity index (χ0) is 25.6. The van der Waals surface area contributed by atoms with Crippen molar-refractivity contribution in [3.8, 4) is 0 Å². The number of nitrogens with zero attached hydrogens (tertiary/aromatic N) is 2. The third-order valence-electron chi connectivity index (χ3n) is 5.16. The van der Waals surface area contributed by atoms with Crippen LogP contribution in [0, 0.1) is 6.92 Å². The second-order valence-corrected chi connectivity index (χ2v) is 8.22. The van der Waals surface area contributed by atoms with Gasteiger partial charge in [-0.1, -0.05) is 41.9 Å². The molecule has 0 spiro atoms. The Bertz CT molecular complexity index is 1180. The van der Waals surface area contributed by atoms with Crippen molar-refractivity contribution < 1.29 is 32.6 Å². The van der Waals surface area contributed by atoms with Crippen molar-refractivity contribution >= 4 is 23.5 Å². The number of hydrogen-bond acceptors (Lipinski definition) is 4. The Hall–Kier alpha value is -3.37. The van der Waals surface area contributed by atoms with Gasteiger partial charge in [-0.2, -0.15) is 18.3 Å². The summed E-state index contributed by atoms with van der Waals surface area (Å²) >= 11 is 6.04. The number of halogens is 4. The van der Waals surface area contributed by atoms with E-state index in [1.54, 1.807) is 18.2 Å². The number of aromatic nitrogens is 2. The summed E-state index contributed by atoms with van der Waals surface area (Å²) in [5, 5.41) is 15.5. The van der Waals surface area contributed by atoms with Gasteiger partial charge in [-0.3, -0.25) is 9.48 Å². The van der Waals surface area contributed by atoms with Crippen molar-refractivity contribution in [2.75, 3.05) is 13.2 Å². The molecule has 0 saturated heterocycles. The van der Waals surface area contributed by atoms with E-state index in [0.29, 0.717) is 23.7 Å². The van der Waals surface area contributed by atoms with Gasteiger partial charge in [0.2, 0.25) is 0 Å². The van der Waals surface area contributed by atoms with E-state index in [1.165, 1.54) is 11.1 Å². The molecule has 2 N–H and O–H groups in total. The summed E-state index contributed by atoms with van der Waals surface area (Å²) in [5.41, 5.74) is 4.77. The number of ether oxygens (including phenoxy) is 1. The van der Waals surface area contributed by atoms with Gasteiger partial charge in [-0.05, 0) is 48.2 Å². The first-order valence-corrected chi connectivity index (χ1v) is 11.0. The number of carboxylic acids is 1. The molecule has 2 aromatic carbocycles. The van der Waals surface area contributed by atoms with Crippen molar-refractivity contribution in [1.29, 1.82) is 0 Å². The molecule has 1 amide bonds. The van der Waals surface area contributed by atoms with Gasteiger partial charge >= 0.3 is 12.1 Å². The van der Waals surface area contributed by atoms with Gasteiger partial charge in [0, 0.05) is 23.3 Å². The maximum absolute atomic E-state index is 12.5. The van der Waals surface area contributed by atoms with E-state index < -0.39 is 12.1 Å². The van der Waals surface area contributed by atoms with E-state index in [4.69, 9.17) is 31.3 Å². The first-order chi connectivity index (χ1) is 16.5. The maximum atomic E-state index is 12.5. The Morgan fingerprint density at radius 1 is 1.23 bits per heavy atom. The molecule has 2 heterocycles. The van der Waals surface area contributed by atoms with Crippen LogP contribution >= 0.6 is 11.6 Å². The van der Waals surface area contributed by atoms with Gasteiger partial charge in [0.25, 0.3) is 5.91 Å². The molecule has 0 bridgehead atoms. The van der Waals surface area contributed by atoms with Crippen LogP contribution in [-0.2, 0) is 22.5 Å². The van der Waals surface area contributed by atoms with Crippen LogP contribution in [0.2, 0.25) is 5.02 Å². The van der Waals surface area contributed by atoms with E-state index in [0.717, 1.165) is 24.2 Å². The second kappa shape index (κ2) is 11.4. The van der Waals surface area contributed by atoms with Gasteiger partial charge < -0.3 is 15.2 Å². The number of carbonyl (C=O) groups is 2. The molecule has 186 valence electrons. The monoisotopic (exact) mass is 509 g/mol. The van der Waals surface area contributed by atoms with Crippen LogP contribution in [0.5, 0.6) is 0 Å². The highest BCUT2D eigenvalue weighted by molar-refractivity contribution is 6.31. The Morgan fingerprint density at radius 2 is 1.91 bits per heavy atom. The number of amides is 1. The van der Waals surface area contributed by atoms with Gasteiger partial charge in [0.1, 0.15) is 6.10 Å². The predicted octanol–water partition coefficient (Wildman–Crippen LogP) is 4.57. The number of rotatable bonds is 5. The standard InChI is InChI=1S/C22H22ClN3O2.C2HF3O2/c1-15-11-17(7-8-19(15)23)22(27)24-12-20-21-18(9-10-28-20)14-26(25-21)13-16-5-3-2-4-6-16;3-2(4,5)1(6)7/h2-8,11,14,20H,9-10,12-13H2,1H3,(H,24,27);(H,6,7). The van der Waals surface area contributed by atoms with E-state index in [1.807, 2.05) is 29.8 Å². The van der Waals surface area contributed by atoms with Crippen molar-refractivity contribution in [1.82, 2.24) is 15.1 Å². The fourth-order valence-corrected chi connectivity index (χ4v) is 3.53. The molecule has 3 aromatic rings. The fraction of sp³-hybridized carbons (Fsp3) is 0.292. The lowest BCUT2D eigenvalue weighted by atomic mass is 10.1. The molecular formula is C24H23ClF3N3O4. The number of aryl methyl sites for hydroxylation is 1. The largest absolute Gasteiger partial charge is 0.490 e.